The summed E-state index contributed by atoms with van der Waals surface area (Å²) >= 11 is 0. The first kappa shape index (κ1) is 14.5. The summed E-state index contributed by atoms with van der Waals surface area (Å²) in [6.07, 6.45) is 0. The van der Waals surface area contributed by atoms with Gasteiger partial charge in [-0.05, 0) is 5.87 Å². The minimum Gasteiger partial charge on any atom is -0.243 e. The molecule has 0 spiro atoms. The van der Waals surface area contributed by atoms with Gasteiger partial charge in [0, 0.05) is 0 Å². The second kappa shape index (κ2) is 3.52. The zero-order valence-electron chi connectivity index (χ0n) is 6.52. The van der Waals surface area contributed by atoms with Crippen molar-refractivity contribution in [1.82, 2.24) is 4.13 Å². The van der Waals surface area contributed by atoms with Crippen molar-refractivity contribution in [2.45, 2.75) is 11.0 Å². The Balaban J connectivity index is 5.28. The molecule has 1 N–H and O–H groups in total. The van der Waals surface area contributed by atoms with Gasteiger partial charge in [0.2, 0.25) is 0 Å². The molecule has 4 nitrogen and oxygen atoms in total. The molecular weight excluding hydrogens is 276 g/mol. The van der Waals surface area contributed by atoms with E-state index in [1.165, 1.54) is 0 Å². The monoisotopic (exact) mass is 279 g/mol. The van der Waals surface area contributed by atoms with Crippen molar-refractivity contribution in [2.75, 3.05) is 0 Å². The average molecular weight is 279 g/mol. The van der Waals surface area contributed by atoms with Gasteiger partial charge in [0.05, 0.1) is 0 Å². The highest BCUT2D eigenvalue weighted by Gasteiger charge is 2.52. The first-order valence-electron chi connectivity index (χ1n) is 2.74. The molecule has 15 heavy (non-hydrogen) atoms. The number of rotatable bonds is 2. The zero-order chi connectivity index (χ0) is 12.7. The smallest absolute Gasteiger partial charge is 0.243 e. The lowest BCUT2D eigenvalue weighted by Crippen LogP contribution is -2.45. The summed E-state index contributed by atoms with van der Waals surface area (Å²) in [7, 11) is -11.9. The second-order valence-corrected chi connectivity index (χ2v) is 6.10. The van der Waals surface area contributed by atoms with E-state index in [1.54, 1.807) is 0 Å². The SMILES string of the molecule is C=S(=O)(NS(=O)(=O)C(F)(F)F)C(F)(F)F. The summed E-state index contributed by atoms with van der Waals surface area (Å²) in [4.78, 5) is 0. The highest BCUT2D eigenvalue weighted by molar-refractivity contribution is 8.10. The van der Waals surface area contributed by atoms with Crippen molar-refractivity contribution in [3.05, 3.63) is 0 Å². The van der Waals surface area contributed by atoms with Crippen LogP contribution in [0.5, 0.6) is 0 Å². The third kappa shape index (κ3) is 3.24. The summed E-state index contributed by atoms with van der Waals surface area (Å²) in [6.45, 7) is 0. The van der Waals surface area contributed by atoms with E-state index in [0.29, 0.717) is 0 Å². The molecule has 0 aliphatic carbocycles. The molecule has 12 heteroatoms. The maximum atomic E-state index is 11.7. The molecule has 92 valence electrons. The second-order valence-electron chi connectivity index (χ2n) is 2.15. The molecule has 0 aliphatic rings. The Morgan fingerprint density at radius 3 is 1.40 bits per heavy atom. The Kier molecular flexibility index (Phi) is 3.40. The first-order valence-corrected chi connectivity index (χ1v) is 5.95. The van der Waals surface area contributed by atoms with Crippen LogP contribution in [0, 0.1) is 0 Å². The lowest BCUT2D eigenvalue weighted by atomic mass is 11.6. The highest BCUT2D eigenvalue weighted by Crippen LogP contribution is 2.27. The van der Waals surface area contributed by atoms with E-state index in [4.69, 9.17) is 0 Å². The summed E-state index contributed by atoms with van der Waals surface area (Å²) in [5.74, 6) is 1.85. The number of sulfonamides is 1. The van der Waals surface area contributed by atoms with Gasteiger partial charge in [-0.1, -0.05) is 0 Å². The minimum absolute atomic E-state index is 0.0486. The van der Waals surface area contributed by atoms with Gasteiger partial charge < -0.3 is 0 Å². The van der Waals surface area contributed by atoms with E-state index in [0.717, 1.165) is 0 Å². The molecule has 1 atom stereocenters. The molecule has 0 amide bonds. The normalized spacial score (nSPS) is 18.5. The molecule has 0 aromatic heterocycles. The fraction of sp³-hybridized carbons (Fsp3) is 0.667. The summed E-state index contributed by atoms with van der Waals surface area (Å²) in [5.41, 5.74) is -11.7. The van der Waals surface area contributed by atoms with Crippen LogP contribution in [-0.2, 0) is 19.7 Å². The van der Waals surface area contributed by atoms with Gasteiger partial charge in [0.25, 0.3) is 0 Å². The van der Waals surface area contributed by atoms with Crippen LogP contribution in [-0.4, -0.2) is 29.5 Å². The molecule has 0 bridgehead atoms. The maximum absolute atomic E-state index is 11.7. The van der Waals surface area contributed by atoms with Crippen LogP contribution in [0.25, 0.3) is 0 Å². The molecular formula is C3H3F6NO3S2. The van der Waals surface area contributed by atoms with E-state index < -0.39 is 30.7 Å². The number of hydrogen-bond donors (Lipinski definition) is 1. The molecule has 0 rings (SSSR count). The molecule has 1 unspecified atom stereocenters. The van der Waals surface area contributed by atoms with Crippen molar-refractivity contribution in [3.63, 3.8) is 0 Å². The predicted octanol–water partition coefficient (Wildman–Crippen LogP) is 0.577. The summed E-state index contributed by atoms with van der Waals surface area (Å²) in [6, 6.07) is 0. The molecule has 0 fully saturated rings. The van der Waals surface area contributed by atoms with Gasteiger partial charge in [-0.15, -0.1) is 4.13 Å². The lowest BCUT2D eigenvalue weighted by Gasteiger charge is -2.15. The van der Waals surface area contributed by atoms with Gasteiger partial charge in [0.1, 0.15) is 9.71 Å². The fourth-order valence-corrected chi connectivity index (χ4v) is 2.45. The Morgan fingerprint density at radius 1 is 0.867 bits per heavy atom. The fourth-order valence-electron chi connectivity index (χ4n) is 0.272. The van der Waals surface area contributed by atoms with Crippen molar-refractivity contribution in [3.8, 4) is 0 Å². The van der Waals surface area contributed by atoms with E-state index in [9.17, 15) is 39.0 Å². The number of halogens is 6. The van der Waals surface area contributed by atoms with Gasteiger partial charge in [-0.3, -0.25) is 0 Å². The largest absolute Gasteiger partial charge is 0.512 e. The van der Waals surface area contributed by atoms with Gasteiger partial charge >= 0.3 is 21.0 Å². The van der Waals surface area contributed by atoms with Crippen molar-refractivity contribution < 1.29 is 39.0 Å². The van der Waals surface area contributed by atoms with Gasteiger partial charge in [-0.2, -0.15) is 26.3 Å². The summed E-state index contributed by atoms with van der Waals surface area (Å²) < 4.78 is 101. The predicted molar refractivity (Wildman–Crippen MR) is 39.4 cm³/mol. The quantitative estimate of drug-likeness (QED) is 0.594. The van der Waals surface area contributed by atoms with Crippen LogP contribution in [0.4, 0.5) is 26.3 Å². The summed E-state index contributed by atoms with van der Waals surface area (Å²) in [5, 5.41) is 0. The molecule has 0 heterocycles. The van der Waals surface area contributed by atoms with Crippen molar-refractivity contribution >= 4 is 25.6 Å². The van der Waals surface area contributed by atoms with Crippen LogP contribution in [0.2, 0.25) is 0 Å². The Bertz CT molecular complexity index is 385. The average Bonchev–Trinajstić information content (AvgIpc) is 1.77. The van der Waals surface area contributed by atoms with Crippen LogP contribution >= 0.6 is 0 Å². The number of nitrogens with one attached hydrogen (secondary N) is 1. The van der Waals surface area contributed by atoms with Crippen LogP contribution < -0.4 is 4.13 Å². The van der Waals surface area contributed by atoms with Crippen LogP contribution in [0.3, 0.4) is 0 Å². The third-order valence-electron chi connectivity index (χ3n) is 0.923. The van der Waals surface area contributed by atoms with Crippen LogP contribution in [0.15, 0.2) is 0 Å². The van der Waals surface area contributed by atoms with Crippen molar-refractivity contribution in [1.29, 1.82) is 0 Å². The van der Waals surface area contributed by atoms with E-state index in [1.807, 2.05) is 5.87 Å². The standard InChI is InChI=1S/C3H3F6NO3S2/c1-14(11,2(4,5)6)10-15(12,13)3(7,8)9/h1H2,(H,10,11). The van der Waals surface area contributed by atoms with Gasteiger partial charge in [0.15, 0.2) is 0 Å². The Hall–Kier alpha value is -0.490. The van der Waals surface area contributed by atoms with E-state index in [-0.39, 0.29) is 4.13 Å². The minimum atomic E-state index is -6.35. The Morgan fingerprint density at radius 2 is 1.20 bits per heavy atom. The number of hydrogen-bond acceptors (Lipinski definition) is 3. The molecule has 0 aromatic carbocycles. The van der Waals surface area contributed by atoms with Crippen LogP contribution in [0.1, 0.15) is 0 Å². The van der Waals surface area contributed by atoms with E-state index >= 15 is 0 Å². The van der Waals surface area contributed by atoms with Crippen molar-refractivity contribution in [2.24, 2.45) is 0 Å². The molecule has 0 aromatic rings. The van der Waals surface area contributed by atoms with E-state index in [2.05, 4.69) is 0 Å². The first-order chi connectivity index (χ1) is 6.21. The topological polar surface area (TPSA) is 63.2 Å². The Labute approximate surface area is 80.5 Å². The molecule has 0 aliphatic heterocycles. The highest BCUT2D eigenvalue weighted by atomic mass is 32.3. The third-order valence-corrected chi connectivity index (χ3v) is 4.23. The lowest BCUT2D eigenvalue weighted by molar-refractivity contribution is -0.0457. The molecule has 0 saturated carbocycles. The molecule has 0 radical (unpaired) electrons. The van der Waals surface area contributed by atoms with Gasteiger partial charge in [-0.25, -0.2) is 12.6 Å². The zero-order valence-corrected chi connectivity index (χ0v) is 8.15. The maximum Gasteiger partial charge on any atom is 0.512 e. The molecule has 0 saturated heterocycles. The number of alkyl halides is 6.